The van der Waals surface area contributed by atoms with Crippen LogP contribution in [-0.4, -0.2) is 10.5 Å². The van der Waals surface area contributed by atoms with Crippen LogP contribution < -0.4 is 10.9 Å². The van der Waals surface area contributed by atoms with Gasteiger partial charge in [-0.2, -0.15) is 0 Å². The monoisotopic (exact) mass is 306 g/mol. The largest absolute Gasteiger partial charge is 0.327 e. The summed E-state index contributed by atoms with van der Waals surface area (Å²) in [6.45, 7) is 1.74. The Balaban J connectivity index is 2.08. The molecule has 6 heteroatoms. The Bertz CT molecular complexity index is 785. The van der Waals surface area contributed by atoms with Gasteiger partial charge in [0.25, 0.3) is 11.5 Å². The van der Waals surface area contributed by atoms with Gasteiger partial charge in [0.05, 0.1) is 0 Å². The lowest BCUT2D eigenvalue weighted by Crippen LogP contribution is -2.46. The molecule has 0 saturated carbocycles. The molecule has 1 aliphatic heterocycles. The number of pyridine rings is 1. The maximum Gasteiger partial charge on any atom is 0.271 e. The summed E-state index contributed by atoms with van der Waals surface area (Å²) >= 11 is 5.87. The SMILES string of the molecule is CC1(Cc2ccc(F)cc2)NC(=O)c2ccc(Cl)c(=O)n21. The summed E-state index contributed by atoms with van der Waals surface area (Å²) in [4.78, 5) is 24.3. The molecule has 0 saturated heterocycles. The molecule has 0 radical (unpaired) electrons. The number of nitrogens with one attached hydrogen (secondary N) is 1. The second kappa shape index (κ2) is 4.70. The van der Waals surface area contributed by atoms with Gasteiger partial charge in [0.15, 0.2) is 0 Å². The predicted octanol–water partition coefficient (Wildman–Crippen LogP) is 2.30. The van der Waals surface area contributed by atoms with Crippen molar-refractivity contribution in [3.05, 3.63) is 68.8 Å². The molecule has 4 nitrogen and oxygen atoms in total. The van der Waals surface area contributed by atoms with Gasteiger partial charge in [-0.1, -0.05) is 23.7 Å². The zero-order valence-electron chi connectivity index (χ0n) is 11.2. The molecular formula is C15H12ClFN2O2. The van der Waals surface area contributed by atoms with Crippen LogP contribution in [0.2, 0.25) is 5.02 Å². The average Bonchev–Trinajstić information content (AvgIpc) is 2.68. The van der Waals surface area contributed by atoms with Gasteiger partial charge in [-0.3, -0.25) is 14.2 Å². The van der Waals surface area contributed by atoms with Crippen molar-refractivity contribution >= 4 is 17.5 Å². The van der Waals surface area contributed by atoms with Crippen molar-refractivity contribution in [2.24, 2.45) is 0 Å². The van der Waals surface area contributed by atoms with E-state index in [-0.39, 0.29) is 22.4 Å². The molecule has 1 atom stereocenters. The Hall–Kier alpha value is -2.14. The van der Waals surface area contributed by atoms with Crippen LogP contribution >= 0.6 is 11.6 Å². The van der Waals surface area contributed by atoms with Crippen LogP contribution in [0.3, 0.4) is 0 Å². The fourth-order valence-corrected chi connectivity index (χ4v) is 2.82. The fraction of sp³-hybridized carbons (Fsp3) is 0.200. The van der Waals surface area contributed by atoms with Crippen LogP contribution in [0, 0.1) is 5.82 Å². The molecule has 0 aliphatic carbocycles. The van der Waals surface area contributed by atoms with Crippen molar-refractivity contribution < 1.29 is 9.18 Å². The van der Waals surface area contributed by atoms with Gasteiger partial charge in [0.2, 0.25) is 0 Å². The average molecular weight is 307 g/mol. The van der Waals surface area contributed by atoms with Gasteiger partial charge in [-0.15, -0.1) is 0 Å². The molecule has 1 unspecified atom stereocenters. The van der Waals surface area contributed by atoms with E-state index < -0.39 is 11.2 Å². The molecule has 1 aromatic heterocycles. The van der Waals surface area contributed by atoms with Crippen LogP contribution in [0.15, 0.2) is 41.2 Å². The van der Waals surface area contributed by atoms with Crippen LogP contribution in [0.1, 0.15) is 23.0 Å². The van der Waals surface area contributed by atoms with E-state index in [4.69, 9.17) is 11.6 Å². The number of carbonyl (C=O) groups is 1. The molecule has 2 aromatic rings. The molecule has 108 valence electrons. The van der Waals surface area contributed by atoms with Crippen LogP contribution in [-0.2, 0) is 12.1 Å². The molecule has 1 aromatic carbocycles. The van der Waals surface area contributed by atoms with Gasteiger partial charge in [0, 0.05) is 6.42 Å². The maximum absolute atomic E-state index is 13.0. The van der Waals surface area contributed by atoms with E-state index >= 15 is 0 Å². The van der Waals surface area contributed by atoms with Gasteiger partial charge in [-0.25, -0.2) is 4.39 Å². The van der Waals surface area contributed by atoms with E-state index in [1.165, 1.54) is 28.8 Å². The second-order valence-corrected chi connectivity index (χ2v) is 5.65. The smallest absolute Gasteiger partial charge is 0.271 e. The minimum atomic E-state index is -0.924. The summed E-state index contributed by atoms with van der Waals surface area (Å²) in [5, 5.41) is 2.85. The Morgan fingerprint density at radius 3 is 2.52 bits per heavy atom. The number of fused-ring (bicyclic) bond motifs is 1. The van der Waals surface area contributed by atoms with Crippen molar-refractivity contribution in [1.82, 2.24) is 9.88 Å². The van der Waals surface area contributed by atoms with Crippen LogP contribution in [0.5, 0.6) is 0 Å². The van der Waals surface area contributed by atoms with E-state index in [2.05, 4.69) is 5.32 Å². The van der Waals surface area contributed by atoms with Crippen molar-refractivity contribution in [3.63, 3.8) is 0 Å². The summed E-state index contributed by atoms with van der Waals surface area (Å²) in [5.74, 6) is -0.659. The lowest BCUT2D eigenvalue weighted by molar-refractivity contribution is 0.0927. The summed E-state index contributed by atoms with van der Waals surface area (Å²) in [6.07, 6.45) is 0.353. The van der Waals surface area contributed by atoms with E-state index in [1.807, 2.05) is 0 Å². The molecule has 0 spiro atoms. The topological polar surface area (TPSA) is 51.1 Å². The summed E-state index contributed by atoms with van der Waals surface area (Å²) < 4.78 is 14.3. The Morgan fingerprint density at radius 1 is 1.19 bits per heavy atom. The number of hydrogen-bond donors (Lipinski definition) is 1. The van der Waals surface area contributed by atoms with E-state index in [1.54, 1.807) is 19.1 Å². The molecule has 1 aliphatic rings. The highest BCUT2D eigenvalue weighted by Crippen LogP contribution is 2.26. The first kappa shape index (κ1) is 13.8. The van der Waals surface area contributed by atoms with Crippen LogP contribution in [0.4, 0.5) is 4.39 Å². The first-order valence-corrected chi connectivity index (χ1v) is 6.77. The van der Waals surface area contributed by atoms with Crippen molar-refractivity contribution in [3.8, 4) is 0 Å². The first-order chi connectivity index (χ1) is 9.90. The summed E-state index contributed by atoms with van der Waals surface area (Å²) in [6, 6.07) is 8.88. The van der Waals surface area contributed by atoms with Crippen molar-refractivity contribution in [2.45, 2.75) is 19.0 Å². The number of benzene rings is 1. The van der Waals surface area contributed by atoms with Gasteiger partial charge in [-0.05, 0) is 36.8 Å². The quantitative estimate of drug-likeness (QED) is 0.925. The maximum atomic E-state index is 13.0. The Labute approximate surface area is 125 Å². The minimum Gasteiger partial charge on any atom is -0.327 e. The molecule has 1 N–H and O–H groups in total. The van der Waals surface area contributed by atoms with Crippen LogP contribution in [0.25, 0.3) is 0 Å². The van der Waals surface area contributed by atoms with Gasteiger partial charge < -0.3 is 5.32 Å². The van der Waals surface area contributed by atoms with Gasteiger partial charge >= 0.3 is 0 Å². The molecule has 21 heavy (non-hydrogen) atoms. The summed E-state index contributed by atoms with van der Waals surface area (Å²) in [7, 11) is 0. The highest BCUT2D eigenvalue weighted by Gasteiger charge is 2.39. The van der Waals surface area contributed by atoms with Crippen molar-refractivity contribution in [1.29, 1.82) is 0 Å². The van der Waals surface area contributed by atoms with E-state index in [0.29, 0.717) is 6.42 Å². The number of hydrogen-bond acceptors (Lipinski definition) is 2. The Morgan fingerprint density at radius 2 is 1.86 bits per heavy atom. The fourth-order valence-electron chi connectivity index (χ4n) is 2.67. The number of amides is 1. The zero-order valence-corrected chi connectivity index (χ0v) is 11.9. The molecule has 1 amide bonds. The predicted molar refractivity (Wildman–Crippen MR) is 76.9 cm³/mol. The standard InChI is InChI=1S/C15H12ClFN2O2/c1-15(8-9-2-4-10(17)5-3-9)18-13(20)12-7-6-11(16)14(21)19(12)15/h2-7H,8H2,1H3,(H,18,20). The third-order valence-electron chi connectivity index (χ3n) is 3.61. The molecule has 0 fully saturated rings. The molecular weight excluding hydrogens is 295 g/mol. The lowest BCUT2D eigenvalue weighted by atomic mass is 10.0. The number of nitrogens with zero attached hydrogens (tertiary/aromatic N) is 1. The first-order valence-electron chi connectivity index (χ1n) is 6.40. The van der Waals surface area contributed by atoms with E-state index in [9.17, 15) is 14.0 Å². The molecule has 3 rings (SSSR count). The summed E-state index contributed by atoms with van der Waals surface area (Å²) in [5.41, 5.74) is -0.267. The highest BCUT2D eigenvalue weighted by atomic mass is 35.5. The number of halogens is 2. The van der Waals surface area contributed by atoms with Crippen molar-refractivity contribution in [2.75, 3.05) is 0 Å². The zero-order chi connectivity index (χ0) is 15.2. The lowest BCUT2D eigenvalue weighted by Gasteiger charge is -2.27. The molecule has 0 bridgehead atoms. The highest BCUT2D eigenvalue weighted by molar-refractivity contribution is 6.30. The Kier molecular flexibility index (Phi) is 3.10. The van der Waals surface area contributed by atoms with E-state index in [0.717, 1.165) is 5.56 Å². The third kappa shape index (κ3) is 2.23. The third-order valence-corrected chi connectivity index (χ3v) is 3.89. The minimum absolute atomic E-state index is 0.0561. The normalized spacial score (nSPS) is 20.2. The molecule has 2 heterocycles. The number of carbonyl (C=O) groups excluding carboxylic acids is 1. The second-order valence-electron chi connectivity index (χ2n) is 5.24. The van der Waals surface area contributed by atoms with Gasteiger partial charge in [0.1, 0.15) is 22.2 Å². The number of rotatable bonds is 2. The number of aromatic nitrogens is 1.